The summed E-state index contributed by atoms with van der Waals surface area (Å²) in [7, 11) is -1.88. The molecule has 20 heavy (non-hydrogen) atoms. The Bertz CT molecular complexity index is 538. The van der Waals surface area contributed by atoms with Crippen molar-refractivity contribution in [1.29, 1.82) is 0 Å². The Morgan fingerprint density at radius 2 is 1.95 bits per heavy atom. The van der Waals surface area contributed by atoms with Crippen LogP contribution in [0.3, 0.4) is 0 Å². The molecular formula is C13H19NO5S. The van der Waals surface area contributed by atoms with Gasteiger partial charge in [-0.05, 0) is 31.0 Å². The number of carboxylic acids is 1. The number of ether oxygens (including phenoxy) is 1. The van der Waals surface area contributed by atoms with E-state index in [1.807, 2.05) is 0 Å². The van der Waals surface area contributed by atoms with Gasteiger partial charge >= 0.3 is 5.97 Å². The number of sulfonamides is 1. The second-order valence-electron chi connectivity index (χ2n) is 4.46. The molecule has 6 nitrogen and oxygen atoms in total. The Hall–Kier alpha value is -1.44. The van der Waals surface area contributed by atoms with E-state index in [0.717, 1.165) is 0 Å². The van der Waals surface area contributed by atoms with Gasteiger partial charge in [-0.15, -0.1) is 0 Å². The van der Waals surface area contributed by atoms with Crippen molar-refractivity contribution in [3.05, 3.63) is 35.4 Å². The third-order valence-electron chi connectivity index (χ3n) is 2.94. The molecule has 1 aromatic carbocycles. The van der Waals surface area contributed by atoms with E-state index in [1.165, 1.54) is 19.2 Å². The van der Waals surface area contributed by atoms with Crippen LogP contribution in [0.15, 0.2) is 24.3 Å². The van der Waals surface area contributed by atoms with Crippen molar-refractivity contribution < 1.29 is 23.1 Å². The van der Waals surface area contributed by atoms with Gasteiger partial charge in [0, 0.05) is 20.3 Å². The van der Waals surface area contributed by atoms with Crippen molar-refractivity contribution in [2.45, 2.75) is 25.1 Å². The van der Waals surface area contributed by atoms with Gasteiger partial charge in [-0.25, -0.2) is 17.9 Å². The SMILES string of the molecule is COCCC(C)S(=O)(=O)NCc1ccc(C(=O)O)cc1. The molecule has 0 aliphatic heterocycles. The monoisotopic (exact) mass is 301 g/mol. The molecule has 0 heterocycles. The summed E-state index contributed by atoms with van der Waals surface area (Å²) in [6.45, 7) is 2.14. The predicted molar refractivity (Wildman–Crippen MR) is 75.1 cm³/mol. The quantitative estimate of drug-likeness (QED) is 0.753. The summed E-state index contributed by atoms with van der Waals surface area (Å²) in [4.78, 5) is 10.7. The van der Waals surface area contributed by atoms with Crippen molar-refractivity contribution in [2.75, 3.05) is 13.7 Å². The molecule has 0 radical (unpaired) electrons. The first-order valence-electron chi connectivity index (χ1n) is 6.16. The van der Waals surface area contributed by atoms with Gasteiger partial charge in [-0.1, -0.05) is 12.1 Å². The molecule has 0 aliphatic rings. The third-order valence-corrected chi connectivity index (χ3v) is 4.78. The number of hydrogen-bond donors (Lipinski definition) is 2. The fourth-order valence-electron chi connectivity index (χ4n) is 1.53. The van der Waals surface area contributed by atoms with Crippen LogP contribution in [0.25, 0.3) is 0 Å². The lowest BCUT2D eigenvalue weighted by Crippen LogP contribution is -2.32. The standard InChI is InChI=1S/C13H19NO5S/c1-10(7-8-19-2)20(17,18)14-9-11-3-5-12(6-4-11)13(15)16/h3-6,10,14H,7-9H2,1-2H3,(H,15,16). The molecule has 0 aromatic heterocycles. The van der Waals surface area contributed by atoms with E-state index in [4.69, 9.17) is 9.84 Å². The van der Waals surface area contributed by atoms with Crippen LogP contribution in [-0.2, 0) is 21.3 Å². The van der Waals surface area contributed by atoms with Crippen molar-refractivity contribution >= 4 is 16.0 Å². The molecular weight excluding hydrogens is 282 g/mol. The number of methoxy groups -OCH3 is 1. The van der Waals surface area contributed by atoms with Gasteiger partial charge in [0.2, 0.25) is 10.0 Å². The van der Waals surface area contributed by atoms with Gasteiger partial charge in [-0.3, -0.25) is 0 Å². The summed E-state index contributed by atoms with van der Waals surface area (Å²) < 4.78 is 31.2. The lowest BCUT2D eigenvalue weighted by molar-refractivity contribution is 0.0697. The minimum atomic E-state index is -3.40. The summed E-state index contributed by atoms with van der Waals surface area (Å²) >= 11 is 0. The van der Waals surface area contributed by atoms with Crippen LogP contribution >= 0.6 is 0 Å². The van der Waals surface area contributed by atoms with Gasteiger partial charge in [-0.2, -0.15) is 0 Å². The van der Waals surface area contributed by atoms with E-state index in [1.54, 1.807) is 19.1 Å². The average molecular weight is 301 g/mol. The zero-order chi connectivity index (χ0) is 15.2. The van der Waals surface area contributed by atoms with Crippen LogP contribution in [0.5, 0.6) is 0 Å². The number of carbonyl (C=O) groups is 1. The van der Waals surface area contributed by atoms with Gasteiger partial charge in [0.05, 0.1) is 10.8 Å². The van der Waals surface area contributed by atoms with Crippen molar-refractivity contribution in [3.63, 3.8) is 0 Å². The zero-order valence-corrected chi connectivity index (χ0v) is 12.3. The minimum Gasteiger partial charge on any atom is -0.478 e. The van der Waals surface area contributed by atoms with Crippen LogP contribution < -0.4 is 4.72 Å². The molecule has 1 rings (SSSR count). The second kappa shape index (κ2) is 7.37. The van der Waals surface area contributed by atoms with E-state index >= 15 is 0 Å². The fourth-order valence-corrected chi connectivity index (χ4v) is 2.59. The largest absolute Gasteiger partial charge is 0.478 e. The molecule has 0 aliphatic carbocycles. The molecule has 0 fully saturated rings. The number of rotatable bonds is 8. The van der Waals surface area contributed by atoms with E-state index in [-0.39, 0.29) is 12.1 Å². The molecule has 112 valence electrons. The van der Waals surface area contributed by atoms with Gasteiger partial charge in [0.1, 0.15) is 0 Å². The molecule has 0 spiro atoms. The number of aromatic carboxylic acids is 1. The number of benzene rings is 1. The summed E-state index contributed by atoms with van der Waals surface area (Å²) in [5, 5.41) is 8.23. The smallest absolute Gasteiger partial charge is 0.335 e. The van der Waals surface area contributed by atoms with Crippen molar-refractivity contribution in [3.8, 4) is 0 Å². The molecule has 1 aromatic rings. The maximum Gasteiger partial charge on any atom is 0.335 e. The van der Waals surface area contributed by atoms with Crippen LogP contribution in [0.2, 0.25) is 0 Å². The summed E-state index contributed by atoms with van der Waals surface area (Å²) in [5.74, 6) is -1.01. The first-order valence-corrected chi connectivity index (χ1v) is 7.71. The van der Waals surface area contributed by atoms with E-state index < -0.39 is 21.2 Å². The summed E-state index contributed by atoms with van der Waals surface area (Å²) in [6, 6.07) is 6.07. The average Bonchev–Trinajstić information content (AvgIpc) is 2.43. The first kappa shape index (κ1) is 16.6. The molecule has 0 amide bonds. The third kappa shape index (κ3) is 4.92. The molecule has 2 N–H and O–H groups in total. The highest BCUT2D eigenvalue weighted by atomic mass is 32.2. The van der Waals surface area contributed by atoms with Crippen LogP contribution in [0.4, 0.5) is 0 Å². The zero-order valence-electron chi connectivity index (χ0n) is 11.5. The Morgan fingerprint density at radius 1 is 1.35 bits per heavy atom. The Morgan fingerprint density at radius 3 is 2.45 bits per heavy atom. The first-order chi connectivity index (χ1) is 9.36. The lowest BCUT2D eigenvalue weighted by atomic mass is 10.1. The molecule has 7 heteroatoms. The maximum atomic E-state index is 11.9. The molecule has 0 saturated heterocycles. The highest BCUT2D eigenvalue weighted by Crippen LogP contribution is 2.08. The van der Waals surface area contributed by atoms with Gasteiger partial charge < -0.3 is 9.84 Å². The molecule has 1 unspecified atom stereocenters. The van der Waals surface area contributed by atoms with E-state index in [2.05, 4.69) is 4.72 Å². The van der Waals surface area contributed by atoms with Crippen molar-refractivity contribution in [1.82, 2.24) is 4.72 Å². The van der Waals surface area contributed by atoms with Gasteiger partial charge in [0.15, 0.2) is 0 Å². The molecule has 0 saturated carbocycles. The summed E-state index contributed by atoms with van der Waals surface area (Å²) in [6.07, 6.45) is 0.420. The van der Waals surface area contributed by atoms with Crippen LogP contribution in [0.1, 0.15) is 29.3 Å². The molecule has 0 bridgehead atoms. The topological polar surface area (TPSA) is 92.7 Å². The maximum absolute atomic E-state index is 11.9. The number of carboxylic acid groups (broad SMARTS) is 1. The predicted octanol–water partition coefficient (Wildman–Crippen LogP) is 1.23. The fraction of sp³-hybridized carbons (Fsp3) is 0.462. The highest BCUT2D eigenvalue weighted by molar-refractivity contribution is 7.90. The van der Waals surface area contributed by atoms with E-state index in [9.17, 15) is 13.2 Å². The summed E-state index contributed by atoms with van der Waals surface area (Å²) in [5.41, 5.74) is 0.877. The second-order valence-corrected chi connectivity index (χ2v) is 6.64. The Balaban J connectivity index is 2.59. The Labute approximate surface area is 118 Å². The lowest BCUT2D eigenvalue weighted by Gasteiger charge is -2.13. The van der Waals surface area contributed by atoms with Crippen molar-refractivity contribution in [2.24, 2.45) is 0 Å². The van der Waals surface area contributed by atoms with Gasteiger partial charge in [0.25, 0.3) is 0 Å². The number of hydrogen-bond acceptors (Lipinski definition) is 4. The van der Waals surface area contributed by atoms with Crippen LogP contribution in [-0.4, -0.2) is 38.5 Å². The normalized spacial score (nSPS) is 13.1. The van der Waals surface area contributed by atoms with Crippen LogP contribution in [0, 0.1) is 0 Å². The highest BCUT2D eigenvalue weighted by Gasteiger charge is 2.19. The number of nitrogens with one attached hydrogen (secondary N) is 1. The van der Waals surface area contributed by atoms with E-state index in [0.29, 0.717) is 18.6 Å². The minimum absolute atomic E-state index is 0.138. The molecule has 1 atom stereocenters. The Kier molecular flexibility index (Phi) is 6.12.